The van der Waals surface area contributed by atoms with Crippen molar-refractivity contribution in [2.75, 3.05) is 0 Å². The van der Waals surface area contributed by atoms with E-state index in [1.807, 2.05) is 13.0 Å². The molecule has 1 rings (SSSR count). The Morgan fingerprint density at radius 3 is 2.73 bits per heavy atom. The van der Waals surface area contributed by atoms with Crippen molar-refractivity contribution in [3.63, 3.8) is 0 Å². The molecule has 0 aliphatic carbocycles. The van der Waals surface area contributed by atoms with Crippen LogP contribution in [0.4, 0.5) is 0 Å². The molecular formula is C17H27NO4. The molecule has 22 heavy (non-hydrogen) atoms. The number of amides is 1. The third kappa shape index (κ3) is 6.02. The fraction of sp³-hybridized carbons (Fsp3) is 0.647. The molecule has 0 spiro atoms. The lowest BCUT2D eigenvalue weighted by molar-refractivity contribution is -0.143. The second-order valence-electron chi connectivity index (χ2n) is 5.91. The van der Waals surface area contributed by atoms with E-state index < -0.39 is 6.10 Å². The van der Waals surface area contributed by atoms with E-state index >= 15 is 0 Å². The Morgan fingerprint density at radius 1 is 1.45 bits per heavy atom. The Kier molecular flexibility index (Phi) is 7.32. The smallest absolute Gasteiger partial charge is 0.303 e. The van der Waals surface area contributed by atoms with E-state index in [1.165, 1.54) is 13.0 Å². The molecule has 1 N–H and O–H groups in total. The highest BCUT2D eigenvalue weighted by atomic mass is 16.5. The van der Waals surface area contributed by atoms with Gasteiger partial charge in [-0.25, -0.2) is 0 Å². The summed E-state index contributed by atoms with van der Waals surface area (Å²) in [6.45, 7) is 10.9. The zero-order valence-electron chi connectivity index (χ0n) is 13.9. The molecule has 0 aromatic carbocycles. The van der Waals surface area contributed by atoms with Gasteiger partial charge in [0.05, 0.1) is 18.2 Å². The van der Waals surface area contributed by atoms with Crippen molar-refractivity contribution in [3.05, 3.63) is 24.8 Å². The number of nitrogens with one attached hydrogen (secondary N) is 1. The van der Waals surface area contributed by atoms with E-state index in [4.69, 9.17) is 9.47 Å². The predicted octanol–water partition coefficient (Wildman–Crippen LogP) is 2.37. The Balaban J connectivity index is 2.49. The number of hydrogen-bond acceptors (Lipinski definition) is 4. The Labute approximate surface area is 132 Å². The van der Waals surface area contributed by atoms with Gasteiger partial charge in [-0.1, -0.05) is 13.0 Å². The van der Waals surface area contributed by atoms with E-state index in [0.717, 1.165) is 12.8 Å². The molecule has 1 saturated heterocycles. The molecule has 1 fully saturated rings. The topological polar surface area (TPSA) is 64.6 Å². The van der Waals surface area contributed by atoms with Crippen molar-refractivity contribution < 1.29 is 19.1 Å². The van der Waals surface area contributed by atoms with Crippen LogP contribution in [0, 0.1) is 5.92 Å². The first-order valence-electron chi connectivity index (χ1n) is 7.75. The van der Waals surface area contributed by atoms with Gasteiger partial charge in [0, 0.05) is 13.0 Å². The van der Waals surface area contributed by atoms with E-state index in [2.05, 4.69) is 18.8 Å². The van der Waals surface area contributed by atoms with Gasteiger partial charge < -0.3 is 14.8 Å². The summed E-state index contributed by atoms with van der Waals surface area (Å²) in [5, 5.41) is 2.95. The van der Waals surface area contributed by atoms with Crippen molar-refractivity contribution in [3.8, 4) is 0 Å². The van der Waals surface area contributed by atoms with Crippen LogP contribution < -0.4 is 5.32 Å². The Bertz CT molecular complexity index is 432. The van der Waals surface area contributed by atoms with Gasteiger partial charge in [-0.05, 0) is 38.7 Å². The highest BCUT2D eigenvalue weighted by Crippen LogP contribution is 2.27. The summed E-state index contributed by atoms with van der Waals surface area (Å²) >= 11 is 0. The summed E-state index contributed by atoms with van der Waals surface area (Å²) in [6, 6.07) is -0.0164. The van der Waals surface area contributed by atoms with Crippen LogP contribution >= 0.6 is 0 Å². The quantitative estimate of drug-likeness (QED) is 0.465. The standard InChI is InChI=1S/C17H27NO4/c1-6-7-16-11(2)10-15(13(4)22-16)18-17(20)9-8-12(3)21-14(5)19/h6,8-9,11-13,15-16H,1,7,10H2,2-5H3,(H,18,20)/b9-8-. The molecular weight excluding hydrogens is 282 g/mol. The Morgan fingerprint density at radius 2 is 2.14 bits per heavy atom. The second-order valence-corrected chi connectivity index (χ2v) is 5.91. The minimum atomic E-state index is -0.417. The number of ether oxygens (including phenoxy) is 2. The van der Waals surface area contributed by atoms with Gasteiger partial charge in [0.1, 0.15) is 6.10 Å². The fourth-order valence-electron chi connectivity index (χ4n) is 2.63. The molecule has 0 aromatic rings. The van der Waals surface area contributed by atoms with E-state index in [0.29, 0.717) is 5.92 Å². The molecule has 5 nitrogen and oxygen atoms in total. The molecule has 5 unspecified atom stereocenters. The summed E-state index contributed by atoms with van der Waals surface area (Å²) < 4.78 is 10.9. The molecule has 1 heterocycles. The first-order valence-corrected chi connectivity index (χ1v) is 7.75. The average Bonchev–Trinajstić information content (AvgIpc) is 2.41. The van der Waals surface area contributed by atoms with Gasteiger partial charge in [0.25, 0.3) is 0 Å². The van der Waals surface area contributed by atoms with Crippen LogP contribution in [-0.4, -0.2) is 36.2 Å². The van der Waals surface area contributed by atoms with E-state index in [1.54, 1.807) is 13.0 Å². The summed E-state index contributed by atoms with van der Waals surface area (Å²) in [4.78, 5) is 22.7. The molecule has 0 saturated carbocycles. The van der Waals surface area contributed by atoms with Crippen LogP contribution in [0.3, 0.4) is 0 Å². The summed E-state index contributed by atoms with van der Waals surface area (Å²) in [5.74, 6) is -0.203. The molecule has 0 radical (unpaired) electrons. The minimum absolute atomic E-state index is 0.0164. The first-order chi connectivity index (χ1) is 10.3. The monoisotopic (exact) mass is 309 g/mol. The second kappa shape index (κ2) is 8.73. The lowest BCUT2D eigenvalue weighted by Gasteiger charge is -2.39. The number of hydrogen-bond donors (Lipinski definition) is 1. The maximum atomic E-state index is 12.0. The third-order valence-electron chi connectivity index (χ3n) is 3.81. The zero-order chi connectivity index (χ0) is 16.7. The van der Waals surface area contributed by atoms with Crippen LogP contribution in [0.25, 0.3) is 0 Å². The molecule has 1 amide bonds. The van der Waals surface area contributed by atoms with Crippen molar-refractivity contribution >= 4 is 11.9 Å². The average molecular weight is 309 g/mol. The van der Waals surface area contributed by atoms with Gasteiger partial charge >= 0.3 is 5.97 Å². The van der Waals surface area contributed by atoms with Gasteiger partial charge in [-0.2, -0.15) is 0 Å². The number of carbonyl (C=O) groups is 2. The fourth-order valence-corrected chi connectivity index (χ4v) is 2.63. The number of esters is 1. The maximum Gasteiger partial charge on any atom is 0.303 e. The molecule has 0 bridgehead atoms. The normalized spacial score (nSPS) is 29.8. The van der Waals surface area contributed by atoms with Gasteiger partial charge in [0.15, 0.2) is 0 Å². The molecule has 0 aromatic heterocycles. The van der Waals surface area contributed by atoms with Crippen LogP contribution in [0.2, 0.25) is 0 Å². The SMILES string of the molecule is C=CCC1OC(C)C(NC(=O)/C=C\C(C)OC(C)=O)CC1C. The van der Waals surface area contributed by atoms with Crippen molar-refractivity contribution in [2.45, 2.75) is 64.9 Å². The van der Waals surface area contributed by atoms with Crippen molar-refractivity contribution in [1.82, 2.24) is 5.32 Å². The minimum Gasteiger partial charge on any atom is -0.459 e. The summed E-state index contributed by atoms with van der Waals surface area (Å²) in [5.41, 5.74) is 0. The maximum absolute atomic E-state index is 12.0. The zero-order valence-corrected chi connectivity index (χ0v) is 13.9. The van der Waals surface area contributed by atoms with Crippen molar-refractivity contribution in [1.29, 1.82) is 0 Å². The third-order valence-corrected chi connectivity index (χ3v) is 3.81. The number of rotatable bonds is 6. The molecule has 124 valence electrons. The first kappa shape index (κ1) is 18.4. The van der Waals surface area contributed by atoms with E-state index in [9.17, 15) is 9.59 Å². The van der Waals surface area contributed by atoms with Gasteiger partial charge in [0.2, 0.25) is 5.91 Å². The van der Waals surface area contributed by atoms with Crippen LogP contribution in [-0.2, 0) is 19.1 Å². The highest BCUT2D eigenvalue weighted by molar-refractivity contribution is 5.87. The molecule has 1 aliphatic heterocycles. The largest absolute Gasteiger partial charge is 0.459 e. The van der Waals surface area contributed by atoms with Gasteiger partial charge in [-0.15, -0.1) is 6.58 Å². The molecule has 1 aliphatic rings. The van der Waals surface area contributed by atoms with Crippen molar-refractivity contribution in [2.24, 2.45) is 5.92 Å². The summed E-state index contributed by atoms with van der Waals surface area (Å²) in [7, 11) is 0. The van der Waals surface area contributed by atoms with Crippen LogP contribution in [0.1, 0.15) is 40.5 Å². The predicted molar refractivity (Wildman–Crippen MR) is 85.2 cm³/mol. The highest BCUT2D eigenvalue weighted by Gasteiger charge is 2.33. The van der Waals surface area contributed by atoms with Crippen LogP contribution in [0.5, 0.6) is 0 Å². The molecule has 5 atom stereocenters. The summed E-state index contributed by atoms with van der Waals surface area (Å²) in [6.07, 6.45) is 6.25. The number of carbonyl (C=O) groups excluding carboxylic acids is 2. The van der Waals surface area contributed by atoms with Crippen LogP contribution in [0.15, 0.2) is 24.8 Å². The molecule has 5 heteroatoms. The lowest BCUT2D eigenvalue weighted by atomic mass is 9.88. The Hall–Kier alpha value is -1.62. The van der Waals surface area contributed by atoms with E-state index in [-0.39, 0.29) is 30.1 Å². The van der Waals surface area contributed by atoms with Gasteiger partial charge in [-0.3, -0.25) is 9.59 Å². The lowest BCUT2D eigenvalue weighted by Crippen LogP contribution is -2.50.